The predicted octanol–water partition coefficient (Wildman–Crippen LogP) is 2.97. The minimum atomic E-state index is -0.525. The van der Waals surface area contributed by atoms with Crippen LogP contribution in [0.3, 0.4) is 0 Å². The number of rotatable bonds is 4. The Balaban J connectivity index is 2.37. The van der Waals surface area contributed by atoms with E-state index in [-0.39, 0.29) is 5.69 Å². The molecule has 0 aliphatic heterocycles. The number of hydrogen-bond acceptors (Lipinski definition) is 6. The van der Waals surface area contributed by atoms with E-state index in [0.717, 1.165) is 10.2 Å². The first-order chi connectivity index (χ1) is 10.0. The summed E-state index contributed by atoms with van der Waals surface area (Å²) in [6.07, 6.45) is 0. The van der Waals surface area contributed by atoms with Crippen LogP contribution in [0.2, 0.25) is 0 Å². The van der Waals surface area contributed by atoms with Crippen molar-refractivity contribution in [3.05, 3.63) is 40.5 Å². The molecular formula is C14H14BrN3O3. The summed E-state index contributed by atoms with van der Waals surface area (Å²) in [6.45, 7) is 0. The molecule has 6 nitrogen and oxygen atoms in total. The van der Waals surface area contributed by atoms with Gasteiger partial charge in [-0.2, -0.15) is 0 Å². The van der Waals surface area contributed by atoms with E-state index >= 15 is 0 Å². The summed E-state index contributed by atoms with van der Waals surface area (Å²) in [7, 11) is 2.88. The molecule has 0 bridgehead atoms. The van der Waals surface area contributed by atoms with Crippen molar-refractivity contribution in [1.82, 2.24) is 4.98 Å². The lowest BCUT2D eigenvalue weighted by Gasteiger charge is -2.12. The third-order valence-corrected chi connectivity index (χ3v) is 3.44. The van der Waals surface area contributed by atoms with E-state index < -0.39 is 5.97 Å². The molecule has 0 radical (unpaired) electrons. The Morgan fingerprint density at radius 3 is 2.71 bits per heavy atom. The molecule has 0 amide bonds. The third-order valence-electron chi connectivity index (χ3n) is 2.75. The van der Waals surface area contributed by atoms with Gasteiger partial charge in [0.05, 0.1) is 25.6 Å². The smallest absolute Gasteiger partial charge is 0.356 e. The van der Waals surface area contributed by atoms with Crippen LogP contribution in [0.4, 0.5) is 17.2 Å². The molecule has 2 rings (SSSR count). The second kappa shape index (κ2) is 6.45. The van der Waals surface area contributed by atoms with E-state index in [0.29, 0.717) is 17.3 Å². The fourth-order valence-electron chi connectivity index (χ4n) is 1.64. The lowest BCUT2D eigenvalue weighted by Crippen LogP contribution is -2.08. The van der Waals surface area contributed by atoms with Gasteiger partial charge >= 0.3 is 5.97 Å². The number of carbonyl (C=O) groups is 1. The molecule has 0 fully saturated rings. The van der Waals surface area contributed by atoms with Crippen molar-refractivity contribution in [2.24, 2.45) is 0 Å². The highest BCUT2D eigenvalue weighted by molar-refractivity contribution is 9.10. The molecule has 0 aliphatic carbocycles. The highest BCUT2D eigenvalue weighted by Gasteiger charge is 2.12. The van der Waals surface area contributed by atoms with Crippen molar-refractivity contribution in [3.8, 4) is 5.75 Å². The molecule has 0 unspecified atom stereocenters. The van der Waals surface area contributed by atoms with E-state index in [4.69, 9.17) is 10.5 Å². The normalized spacial score (nSPS) is 10.0. The van der Waals surface area contributed by atoms with Crippen LogP contribution >= 0.6 is 15.9 Å². The van der Waals surface area contributed by atoms with Crippen molar-refractivity contribution in [1.29, 1.82) is 0 Å². The van der Waals surface area contributed by atoms with Gasteiger partial charge in [-0.25, -0.2) is 9.78 Å². The first-order valence-corrected chi connectivity index (χ1v) is 6.80. The number of nitrogens with two attached hydrogens (primary N) is 1. The minimum absolute atomic E-state index is 0.174. The van der Waals surface area contributed by atoms with E-state index in [1.165, 1.54) is 13.2 Å². The Labute approximate surface area is 130 Å². The van der Waals surface area contributed by atoms with Crippen LogP contribution in [0.5, 0.6) is 5.75 Å². The monoisotopic (exact) mass is 351 g/mol. The third kappa shape index (κ3) is 3.43. The van der Waals surface area contributed by atoms with Crippen LogP contribution in [0.25, 0.3) is 0 Å². The first kappa shape index (κ1) is 15.1. The number of hydrogen-bond donors (Lipinski definition) is 2. The molecule has 21 heavy (non-hydrogen) atoms. The highest BCUT2D eigenvalue weighted by atomic mass is 79.9. The average Bonchev–Trinajstić information content (AvgIpc) is 2.50. The number of benzene rings is 1. The van der Waals surface area contributed by atoms with Crippen LogP contribution in [0.1, 0.15) is 10.5 Å². The second-order valence-corrected chi connectivity index (χ2v) is 4.95. The van der Waals surface area contributed by atoms with Crippen molar-refractivity contribution in [3.63, 3.8) is 0 Å². The van der Waals surface area contributed by atoms with Gasteiger partial charge in [0.15, 0.2) is 11.5 Å². The Bertz CT molecular complexity index is 677. The molecule has 0 saturated carbocycles. The maximum atomic E-state index is 11.5. The summed E-state index contributed by atoms with van der Waals surface area (Å²) in [5, 5.41) is 3.06. The molecule has 110 valence electrons. The zero-order valence-corrected chi connectivity index (χ0v) is 13.1. The number of halogens is 1. The number of anilines is 3. The van der Waals surface area contributed by atoms with Gasteiger partial charge in [0.1, 0.15) is 5.75 Å². The molecule has 0 atom stereocenters. The Kier molecular flexibility index (Phi) is 4.64. The molecule has 1 aromatic carbocycles. The topological polar surface area (TPSA) is 86.5 Å². The molecule has 7 heteroatoms. The summed E-state index contributed by atoms with van der Waals surface area (Å²) >= 11 is 3.42. The molecular weight excluding hydrogens is 338 g/mol. The minimum Gasteiger partial charge on any atom is -0.497 e. The number of pyridine rings is 1. The second-order valence-electron chi connectivity index (χ2n) is 4.10. The number of nitrogen functional groups attached to an aromatic ring is 1. The molecule has 1 heterocycles. The largest absolute Gasteiger partial charge is 0.497 e. The Morgan fingerprint density at radius 2 is 2.05 bits per heavy atom. The van der Waals surface area contributed by atoms with Gasteiger partial charge in [-0.3, -0.25) is 0 Å². The first-order valence-electron chi connectivity index (χ1n) is 6.00. The highest BCUT2D eigenvalue weighted by Crippen LogP contribution is 2.31. The van der Waals surface area contributed by atoms with E-state index in [1.807, 2.05) is 12.1 Å². The number of esters is 1. The number of carbonyl (C=O) groups excluding carboxylic acids is 1. The van der Waals surface area contributed by atoms with Crippen LogP contribution in [0, 0.1) is 0 Å². The Morgan fingerprint density at radius 1 is 1.29 bits per heavy atom. The molecule has 0 aliphatic rings. The van der Waals surface area contributed by atoms with Gasteiger partial charge in [0.2, 0.25) is 0 Å². The number of nitrogens with one attached hydrogen (secondary N) is 1. The lowest BCUT2D eigenvalue weighted by molar-refractivity contribution is 0.0594. The maximum Gasteiger partial charge on any atom is 0.356 e. The van der Waals surface area contributed by atoms with Gasteiger partial charge in [-0.15, -0.1) is 0 Å². The molecule has 3 N–H and O–H groups in total. The zero-order valence-electron chi connectivity index (χ0n) is 11.5. The van der Waals surface area contributed by atoms with Crippen LogP contribution < -0.4 is 15.8 Å². The zero-order chi connectivity index (χ0) is 15.4. The summed E-state index contributed by atoms with van der Waals surface area (Å²) < 4.78 is 10.6. The maximum absolute atomic E-state index is 11.5. The van der Waals surface area contributed by atoms with E-state index in [1.54, 1.807) is 19.2 Å². The fourth-order valence-corrected chi connectivity index (χ4v) is 1.99. The number of aromatic nitrogens is 1. The van der Waals surface area contributed by atoms with Crippen molar-refractivity contribution >= 4 is 39.1 Å². The van der Waals surface area contributed by atoms with E-state index in [2.05, 4.69) is 31.0 Å². The molecule has 0 spiro atoms. The van der Waals surface area contributed by atoms with Gasteiger partial charge in [0.25, 0.3) is 0 Å². The molecule has 0 saturated heterocycles. The summed E-state index contributed by atoms with van der Waals surface area (Å²) in [5.41, 5.74) is 7.18. The molecule has 1 aromatic heterocycles. The standard InChI is InChI=1S/C14H14BrN3O3/c1-20-8-3-4-9(15)12(7-8)18-13-10(16)5-6-11(17-13)14(19)21-2/h3-7H,16H2,1-2H3,(H,17,18). The van der Waals surface area contributed by atoms with Crippen molar-refractivity contribution < 1.29 is 14.3 Å². The summed E-state index contributed by atoms with van der Waals surface area (Å²) in [5.74, 6) is 0.526. The van der Waals surface area contributed by atoms with Crippen LogP contribution in [0.15, 0.2) is 34.8 Å². The van der Waals surface area contributed by atoms with Crippen LogP contribution in [-0.2, 0) is 4.74 Å². The number of ether oxygens (including phenoxy) is 2. The Hall–Kier alpha value is -2.28. The van der Waals surface area contributed by atoms with Crippen LogP contribution in [-0.4, -0.2) is 25.2 Å². The van der Waals surface area contributed by atoms with Gasteiger partial charge in [0, 0.05) is 10.5 Å². The van der Waals surface area contributed by atoms with Gasteiger partial charge in [-0.05, 0) is 40.2 Å². The average molecular weight is 352 g/mol. The lowest BCUT2D eigenvalue weighted by atomic mass is 10.2. The fraction of sp³-hybridized carbons (Fsp3) is 0.143. The van der Waals surface area contributed by atoms with Gasteiger partial charge < -0.3 is 20.5 Å². The number of nitrogens with zero attached hydrogens (tertiary/aromatic N) is 1. The summed E-state index contributed by atoms with van der Waals surface area (Å²) in [4.78, 5) is 15.7. The SMILES string of the molecule is COC(=O)c1ccc(N)c(Nc2cc(OC)ccc2Br)n1. The number of methoxy groups -OCH3 is 2. The quantitative estimate of drug-likeness (QED) is 0.823. The van der Waals surface area contributed by atoms with Crippen molar-refractivity contribution in [2.75, 3.05) is 25.3 Å². The van der Waals surface area contributed by atoms with Crippen molar-refractivity contribution in [2.45, 2.75) is 0 Å². The molecule has 2 aromatic rings. The van der Waals surface area contributed by atoms with Gasteiger partial charge in [-0.1, -0.05) is 0 Å². The predicted molar refractivity (Wildman–Crippen MR) is 84.0 cm³/mol. The van der Waals surface area contributed by atoms with E-state index in [9.17, 15) is 4.79 Å². The summed E-state index contributed by atoms with van der Waals surface area (Å²) in [6, 6.07) is 8.54.